The van der Waals surface area contributed by atoms with Crippen LogP contribution in [0.4, 0.5) is 4.79 Å². The molecule has 0 aromatic heterocycles. The maximum absolute atomic E-state index is 12.4. The van der Waals surface area contributed by atoms with Gasteiger partial charge < -0.3 is 20.1 Å². The summed E-state index contributed by atoms with van der Waals surface area (Å²) >= 11 is 0. The van der Waals surface area contributed by atoms with Crippen LogP contribution in [-0.4, -0.2) is 49.1 Å². The van der Waals surface area contributed by atoms with E-state index in [4.69, 9.17) is 9.47 Å². The second-order valence-electron chi connectivity index (χ2n) is 6.94. The van der Waals surface area contributed by atoms with Crippen molar-refractivity contribution in [2.24, 2.45) is 5.92 Å². The maximum Gasteiger partial charge on any atom is 0.329 e. The fourth-order valence-electron chi connectivity index (χ4n) is 2.28. The predicted molar refractivity (Wildman–Crippen MR) is 106 cm³/mol. The molecule has 4 amide bonds. The number of hydrogen-bond acceptors (Lipinski definition) is 6. The SMILES string of the molecule is CCOc1ccc(C(=O)N[C@H](C(=O)OCC(=O)NC(=O)NC(C)C)C(C)C)cc1. The van der Waals surface area contributed by atoms with Crippen molar-refractivity contribution in [2.45, 2.75) is 46.7 Å². The van der Waals surface area contributed by atoms with Gasteiger partial charge in [-0.1, -0.05) is 13.8 Å². The lowest BCUT2D eigenvalue weighted by molar-refractivity contribution is -0.151. The molecule has 29 heavy (non-hydrogen) atoms. The number of rotatable bonds is 9. The molecule has 0 saturated heterocycles. The van der Waals surface area contributed by atoms with Crippen molar-refractivity contribution >= 4 is 23.8 Å². The molecule has 0 fully saturated rings. The number of urea groups is 1. The van der Waals surface area contributed by atoms with Gasteiger partial charge in [-0.05, 0) is 51.0 Å². The monoisotopic (exact) mass is 407 g/mol. The second kappa shape index (κ2) is 11.7. The fraction of sp³-hybridized carbons (Fsp3) is 0.500. The third-order valence-electron chi connectivity index (χ3n) is 3.65. The van der Waals surface area contributed by atoms with Crippen LogP contribution in [0, 0.1) is 5.92 Å². The summed E-state index contributed by atoms with van der Waals surface area (Å²) in [6.45, 7) is 8.69. The first kappa shape index (κ1) is 23.9. The zero-order valence-electron chi connectivity index (χ0n) is 17.4. The molecule has 9 heteroatoms. The normalized spacial score (nSPS) is 11.6. The molecule has 0 spiro atoms. The maximum atomic E-state index is 12.4. The number of imide groups is 1. The summed E-state index contributed by atoms with van der Waals surface area (Å²) in [5.74, 6) is -1.63. The lowest BCUT2D eigenvalue weighted by Gasteiger charge is -2.21. The molecule has 9 nitrogen and oxygen atoms in total. The number of nitrogens with one attached hydrogen (secondary N) is 3. The first-order chi connectivity index (χ1) is 13.6. The van der Waals surface area contributed by atoms with Gasteiger partial charge in [0.1, 0.15) is 11.8 Å². The predicted octanol–water partition coefficient (Wildman–Crippen LogP) is 1.62. The lowest BCUT2D eigenvalue weighted by atomic mass is 10.0. The van der Waals surface area contributed by atoms with Crippen LogP contribution >= 0.6 is 0 Å². The Hall–Kier alpha value is -3.10. The number of carbonyl (C=O) groups is 4. The fourth-order valence-corrected chi connectivity index (χ4v) is 2.28. The van der Waals surface area contributed by atoms with Crippen LogP contribution in [0.3, 0.4) is 0 Å². The summed E-state index contributed by atoms with van der Waals surface area (Å²) in [5, 5.41) is 7.14. The molecule has 0 saturated carbocycles. The van der Waals surface area contributed by atoms with E-state index >= 15 is 0 Å². The Morgan fingerprint density at radius 1 is 0.966 bits per heavy atom. The van der Waals surface area contributed by atoms with E-state index in [0.29, 0.717) is 17.9 Å². The molecule has 0 radical (unpaired) electrons. The van der Waals surface area contributed by atoms with Crippen LogP contribution in [-0.2, 0) is 14.3 Å². The zero-order valence-corrected chi connectivity index (χ0v) is 17.4. The van der Waals surface area contributed by atoms with Crippen LogP contribution in [0.1, 0.15) is 45.0 Å². The average molecular weight is 407 g/mol. The van der Waals surface area contributed by atoms with Crippen LogP contribution < -0.4 is 20.7 Å². The van der Waals surface area contributed by atoms with Crippen LogP contribution in [0.2, 0.25) is 0 Å². The van der Waals surface area contributed by atoms with Gasteiger partial charge in [0, 0.05) is 11.6 Å². The highest BCUT2D eigenvalue weighted by Crippen LogP contribution is 2.13. The number of amides is 4. The van der Waals surface area contributed by atoms with E-state index in [2.05, 4.69) is 16.0 Å². The Balaban J connectivity index is 2.62. The minimum atomic E-state index is -0.952. The molecule has 1 atom stereocenters. The molecule has 1 aromatic rings. The van der Waals surface area contributed by atoms with Gasteiger partial charge in [0.15, 0.2) is 6.61 Å². The van der Waals surface area contributed by atoms with Gasteiger partial charge in [-0.25, -0.2) is 9.59 Å². The summed E-state index contributed by atoms with van der Waals surface area (Å²) in [4.78, 5) is 47.9. The highest BCUT2D eigenvalue weighted by molar-refractivity contribution is 5.98. The molecule has 0 aliphatic rings. The van der Waals surface area contributed by atoms with Gasteiger partial charge >= 0.3 is 12.0 Å². The van der Waals surface area contributed by atoms with Crippen molar-refractivity contribution in [3.8, 4) is 5.75 Å². The van der Waals surface area contributed by atoms with E-state index in [1.807, 2.05) is 6.92 Å². The van der Waals surface area contributed by atoms with Crippen LogP contribution in [0.5, 0.6) is 5.75 Å². The molecule has 0 heterocycles. The largest absolute Gasteiger partial charge is 0.494 e. The third kappa shape index (κ3) is 8.63. The Bertz CT molecular complexity index is 715. The van der Waals surface area contributed by atoms with E-state index < -0.39 is 36.5 Å². The van der Waals surface area contributed by atoms with Crippen molar-refractivity contribution in [3.63, 3.8) is 0 Å². The van der Waals surface area contributed by atoms with Crippen LogP contribution in [0.25, 0.3) is 0 Å². The first-order valence-electron chi connectivity index (χ1n) is 9.44. The van der Waals surface area contributed by atoms with Gasteiger partial charge in [0.05, 0.1) is 6.61 Å². The molecule has 0 unspecified atom stereocenters. The molecule has 1 rings (SSSR count). The summed E-state index contributed by atoms with van der Waals surface area (Å²) < 4.78 is 10.3. The van der Waals surface area contributed by atoms with Gasteiger partial charge in [-0.2, -0.15) is 0 Å². The van der Waals surface area contributed by atoms with Crippen molar-refractivity contribution in [1.82, 2.24) is 16.0 Å². The minimum absolute atomic E-state index is 0.145. The van der Waals surface area contributed by atoms with Gasteiger partial charge in [0.25, 0.3) is 11.8 Å². The molecule has 160 valence electrons. The number of ether oxygens (including phenoxy) is 2. The van der Waals surface area contributed by atoms with Crippen molar-refractivity contribution < 1.29 is 28.7 Å². The summed E-state index contributed by atoms with van der Waals surface area (Å²) in [5.41, 5.74) is 0.356. The van der Waals surface area contributed by atoms with Gasteiger partial charge in [-0.3, -0.25) is 14.9 Å². The molecule has 1 aromatic carbocycles. The number of benzene rings is 1. The molecule has 0 aliphatic carbocycles. The van der Waals surface area contributed by atoms with Crippen molar-refractivity contribution in [1.29, 1.82) is 0 Å². The van der Waals surface area contributed by atoms with Crippen LogP contribution in [0.15, 0.2) is 24.3 Å². The summed E-state index contributed by atoms with van der Waals surface area (Å²) in [6, 6.07) is 4.72. The third-order valence-corrected chi connectivity index (χ3v) is 3.65. The molecule has 0 aliphatic heterocycles. The van der Waals surface area contributed by atoms with E-state index in [1.54, 1.807) is 52.0 Å². The smallest absolute Gasteiger partial charge is 0.329 e. The molecule has 3 N–H and O–H groups in total. The quantitative estimate of drug-likeness (QED) is 0.535. The molecular weight excluding hydrogens is 378 g/mol. The minimum Gasteiger partial charge on any atom is -0.494 e. The van der Waals surface area contributed by atoms with E-state index in [9.17, 15) is 19.2 Å². The van der Waals surface area contributed by atoms with Crippen molar-refractivity contribution in [3.05, 3.63) is 29.8 Å². The second-order valence-corrected chi connectivity index (χ2v) is 6.94. The molecule has 0 bridgehead atoms. The van der Waals surface area contributed by atoms with Gasteiger partial charge in [-0.15, -0.1) is 0 Å². The zero-order chi connectivity index (χ0) is 22.0. The summed E-state index contributed by atoms with van der Waals surface area (Å²) in [6.07, 6.45) is 0. The van der Waals surface area contributed by atoms with Gasteiger partial charge in [0.2, 0.25) is 0 Å². The lowest BCUT2D eigenvalue weighted by Crippen LogP contribution is -2.47. The van der Waals surface area contributed by atoms with E-state index in [0.717, 1.165) is 0 Å². The van der Waals surface area contributed by atoms with E-state index in [1.165, 1.54) is 0 Å². The summed E-state index contributed by atoms with van der Waals surface area (Å²) in [7, 11) is 0. The number of carbonyl (C=O) groups excluding carboxylic acids is 4. The Morgan fingerprint density at radius 2 is 1.59 bits per heavy atom. The highest BCUT2D eigenvalue weighted by Gasteiger charge is 2.27. The first-order valence-corrected chi connectivity index (χ1v) is 9.44. The van der Waals surface area contributed by atoms with Crippen molar-refractivity contribution in [2.75, 3.05) is 13.2 Å². The number of hydrogen-bond donors (Lipinski definition) is 3. The number of esters is 1. The Kier molecular flexibility index (Phi) is 9.64. The van der Waals surface area contributed by atoms with E-state index in [-0.39, 0.29) is 12.0 Å². The Morgan fingerprint density at radius 3 is 2.10 bits per heavy atom. The highest BCUT2D eigenvalue weighted by atomic mass is 16.5. The topological polar surface area (TPSA) is 123 Å². The molecular formula is C20H29N3O6. The standard InChI is InChI=1S/C20H29N3O6/c1-6-28-15-9-7-14(8-10-15)18(25)23-17(12(2)3)19(26)29-11-16(24)22-20(27)21-13(4)5/h7-10,12-13,17H,6,11H2,1-5H3,(H,23,25)(H2,21,22,24,27)/t17-/m0/s1. The average Bonchev–Trinajstić information content (AvgIpc) is 2.63. The Labute approximate surface area is 170 Å².